The number of ether oxygens (including phenoxy) is 1. The number of nitrogens with zero attached hydrogens (tertiary/aromatic N) is 1. The van der Waals surface area contributed by atoms with Gasteiger partial charge in [0.1, 0.15) is 5.60 Å². The van der Waals surface area contributed by atoms with Crippen molar-refractivity contribution in [1.82, 2.24) is 10.7 Å². The Morgan fingerprint density at radius 3 is 2.44 bits per heavy atom. The SMILES string of the molecule is CNC(=S)NN=C(C)CC(=O)OC(C)(C)C. The summed E-state index contributed by atoms with van der Waals surface area (Å²) in [4.78, 5) is 11.4. The highest BCUT2D eigenvalue weighted by atomic mass is 32.1. The molecule has 0 aromatic rings. The van der Waals surface area contributed by atoms with Gasteiger partial charge in [-0.05, 0) is 39.9 Å². The van der Waals surface area contributed by atoms with Crippen molar-refractivity contribution in [1.29, 1.82) is 0 Å². The molecular formula is C10H19N3O2S. The minimum absolute atomic E-state index is 0.149. The first-order valence-corrected chi connectivity index (χ1v) is 5.38. The van der Waals surface area contributed by atoms with Gasteiger partial charge < -0.3 is 10.1 Å². The Morgan fingerprint density at radius 1 is 1.44 bits per heavy atom. The summed E-state index contributed by atoms with van der Waals surface area (Å²) in [6.45, 7) is 7.21. The van der Waals surface area contributed by atoms with Gasteiger partial charge in [-0.3, -0.25) is 10.2 Å². The zero-order valence-corrected chi connectivity index (χ0v) is 11.2. The highest BCUT2D eigenvalue weighted by molar-refractivity contribution is 7.80. The first-order chi connectivity index (χ1) is 7.24. The Bertz CT molecular complexity index is 295. The average molecular weight is 245 g/mol. The van der Waals surface area contributed by atoms with Crippen molar-refractivity contribution in [3.63, 3.8) is 0 Å². The van der Waals surface area contributed by atoms with Crippen LogP contribution in [0.1, 0.15) is 34.1 Å². The topological polar surface area (TPSA) is 62.7 Å². The molecule has 0 fully saturated rings. The Labute approximate surface area is 102 Å². The van der Waals surface area contributed by atoms with Crippen LogP contribution in [0.15, 0.2) is 5.10 Å². The molecule has 92 valence electrons. The molecule has 0 spiro atoms. The van der Waals surface area contributed by atoms with E-state index in [4.69, 9.17) is 17.0 Å². The number of thiocarbonyl (C=S) groups is 1. The third kappa shape index (κ3) is 8.16. The van der Waals surface area contributed by atoms with Crippen molar-refractivity contribution < 1.29 is 9.53 Å². The third-order valence-corrected chi connectivity index (χ3v) is 1.69. The number of hydrazone groups is 1. The lowest BCUT2D eigenvalue weighted by molar-refractivity contribution is -0.153. The molecule has 0 aliphatic carbocycles. The summed E-state index contributed by atoms with van der Waals surface area (Å²) < 4.78 is 5.15. The molecule has 0 saturated carbocycles. The number of hydrogen-bond acceptors (Lipinski definition) is 4. The summed E-state index contributed by atoms with van der Waals surface area (Å²) in [6.07, 6.45) is 0.149. The van der Waals surface area contributed by atoms with Crippen LogP contribution in [0.2, 0.25) is 0 Å². The van der Waals surface area contributed by atoms with Crippen LogP contribution in [0.3, 0.4) is 0 Å². The van der Waals surface area contributed by atoms with Crippen LogP contribution in [-0.2, 0) is 9.53 Å². The molecule has 0 saturated heterocycles. The van der Waals surface area contributed by atoms with Gasteiger partial charge in [0.2, 0.25) is 0 Å². The fraction of sp³-hybridized carbons (Fsp3) is 0.700. The number of hydrogen-bond donors (Lipinski definition) is 2. The standard InChI is InChI=1S/C10H19N3O2S/c1-7(12-13-9(16)11-5)6-8(14)15-10(2,3)4/h6H2,1-5H3,(H2,11,13,16). The summed E-state index contributed by atoms with van der Waals surface area (Å²) >= 11 is 4.83. The number of carbonyl (C=O) groups is 1. The number of esters is 1. The quantitative estimate of drug-likeness (QED) is 0.338. The van der Waals surface area contributed by atoms with Crippen LogP contribution in [0.5, 0.6) is 0 Å². The summed E-state index contributed by atoms with van der Waals surface area (Å²) in [5.74, 6) is -0.300. The van der Waals surface area contributed by atoms with Crippen molar-refractivity contribution >= 4 is 29.0 Å². The first kappa shape index (κ1) is 14.8. The number of nitrogens with one attached hydrogen (secondary N) is 2. The second kappa shape index (κ2) is 6.42. The summed E-state index contributed by atoms with van der Waals surface area (Å²) in [5.41, 5.74) is 2.75. The van der Waals surface area contributed by atoms with Crippen LogP contribution < -0.4 is 10.7 Å². The molecule has 0 rings (SSSR count). The normalized spacial score (nSPS) is 11.9. The lowest BCUT2D eigenvalue weighted by atomic mass is 10.2. The van der Waals surface area contributed by atoms with E-state index >= 15 is 0 Å². The Morgan fingerprint density at radius 2 is 2.00 bits per heavy atom. The molecule has 6 heteroatoms. The molecule has 0 atom stereocenters. The maximum atomic E-state index is 11.4. The van der Waals surface area contributed by atoms with E-state index < -0.39 is 5.60 Å². The van der Waals surface area contributed by atoms with Crippen LogP contribution in [0, 0.1) is 0 Å². The lowest BCUT2D eigenvalue weighted by Crippen LogP contribution is -2.30. The fourth-order valence-electron chi connectivity index (χ4n) is 0.828. The lowest BCUT2D eigenvalue weighted by Gasteiger charge is -2.19. The highest BCUT2D eigenvalue weighted by Crippen LogP contribution is 2.08. The van der Waals surface area contributed by atoms with Gasteiger partial charge in [-0.25, -0.2) is 0 Å². The summed E-state index contributed by atoms with van der Waals surface area (Å²) in [5, 5.41) is 7.04. The van der Waals surface area contributed by atoms with Gasteiger partial charge in [0.15, 0.2) is 5.11 Å². The van der Waals surface area contributed by atoms with Crippen LogP contribution in [-0.4, -0.2) is 29.4 Å². The van der Waals surface area contributed by atoms with Gasteiger partial charge in [-0.2, -0.15) is 5.10 Å². The maximum Gasteiger partial charge on any atom is 0.312 e. The van der Waals surface area contributed by atoms with E-state index in [-0.39, 0.29) is 12.4 Å². The van der Waals surface area contributed by atoms with Gasteiger partial charge in [-0.15, -0.1) is 0 Å². The van der Waals surface area contributed by atoms with E-state index in [9.17, 15) is 4.79 Å². The maximum absolute atomic E-state index is 11.4. The molecule has 0 aliphatic heterocycles. The van der Waals surface area contributed by atoms with E-state index in [1.165, 1.54) is 0 Å². The van der Waals surface area contributed by atoms with E-state index in [2.05, 4.69) is 15.8 Å². The van der Waals surface area contributed by atoms with Crippen LogP contribution in [0.4, 0.5) is 0 Å². The predicted molar refractivity (Wildman–Crippen MR) is 68.4 cm³/mol. The van der Waals surface area contributed by atoms with Crippen molar-refractivity contribution in [2.75, 3.05) is 7.05 Å². The molecule has 0 bridgehead atoms. The molecular weight excluding hydrogens is 226 g/mol. The minimum atomic E-state index is -0.467. The van der Waals surface area contributed by atoms with E-state index in [1.54, 1.807) is 14.0 Å². The Kier molecular flexibility index (Phi) is 5.95. The largest absolute Gasteiger partial charge is 0.460 e. The fourth-order valence-corrected chi connectivity index (χ4v) is 0.874. The molecule has 2 N–H and O–H groups in total. The molecule has 0 radical (unpaired) electrons. The van der Waals surface area contributed by atoms with Crippen molar-refractivity contribution in [3.05, 3.63) is 0 Å². The molecule has 0 aromatic heterocycles. The molecule has 0 aromatic carbocycles. The monoisotopic (exact) mass is 245 g/mol. The number of carbonyl (C=O) groups excluding carboxylic acids is 1. The predicted octanol–water partition coefficient (Wildman–Crippen LogP) is 1.19. The van der Waals surface area contributed by atoms with Crippen LogP contribution >= 0.6 is 12.2 Å². The van der Waals surface area contributed by atoms with Crippen LogP contribution in [0.25, 0.3) is 0 Å². The van der Waals surface area contributed by atoms with E-state index in [0.29, 0.717) is 10.8 Å². The summed E-state index contributed by atoms with van der Waals surface area (Å²) in [7, 11) is 1.69. The smallest absolute Gasteiger partial charge is 0.312 e. The number of rotatable bonds is 3. The van der Waals surface area contributed by atoms with E-state index in [0.717, 1.165) is 0 Å². The second-order valence-electron chi connectivity index (χ2n) is 4.30. The first-order valence-electron chi connectivity index (χ1n) is 4.97. The van der Waals surface area contributed by atoms with Gasteiger partial charge >= 0.3 is 5.97 Å². The zero-order valence-electron chi connectivity index (χ0n) is 10.4. The Balaban J connectivity index is 4.09. The third-order valence-electron chi connectivity index (χ3n) is 1.40. The van der Waals surface area contributed by atoms with Crippen molar-refractivity contribution in [2.24, 2.45) is 5.10 Å². The molecule has 0 aliphatic rings. The Hall–Kier alpha value is -1.17. The van der Waals surface area contributed by atoms with Gasteiger partial charge in [0, 0.05) is 12.8 Å². The minimum Gasteiger partial charge on any atom is -0.460 e. The van der Waals surface area contributed by atoms with Gasteiger partial charge in [-0.1, -0.05) is 0 Å². The van der Waals surface area contributed by atoms with Crippen molar-refractivity contribution in [3.8, 4) is 0 Å². The highest BCUT2D eigenvalue weighted by Gasteiger charge is 2.16. The molecule has 0 heterocycles. The van der Waals surface area contributed by atoms with Crippen molar-refractivity contribution in [2.45, 2.75) is 39.7 Å². The molecule has 16 heavy (non-hydrogen) atoms. The van der Waals surface area contributed by atoms with Gasteiger partial charge in [0.05, 0.1) is 6.42 Å². The summed E-state index contributed by atoms with van der Waals surface area (Å²) in [6, 6.07) is 0. The molecule has 0 amide bonds. The van der Waals surface area contributed by atoms with Gasteiger partial charge in [0.25, 0.3) is 0 Å². The zero-order chi connectivity index (χ0) is 12.8. The molecule has 0 unspecified atom stereocenters. The van der Waals surface area contributed by atoms with E-state index in [1.807, 2.05) is 20.8 Å². The average Bonchev–Trinajstić information content (AvgIpc) is 2.10. The second-order valence-corrected chi connectivity index (χ2v) is 4.71. The molecule has 5 nitrogen and oxygen atoms in total.